The zero-order valence-corrected chi connectivity index (χ0v) is 12.1. The van der Waals surface area contributed by atoms with Crippen LogP contribution in [0.5, 0.6) is 0 Å². The summed E-state index contributed by atoms with van der Waals surface area (Å²) in [7, 11) is 1.55. The smallest absolute Gasteiger partial charge is 0.287 e. The van der Waals surface area contributed by atoms with Gasteiger partial charge in [0.1, 0.15) is 11.8 Å². The number of likely N-dealkylation sites (N-methyl/N-ethyl adjacent to an activating group) is 1. The lowest BCUT2D eigenvalue weighted by Gasteiger charge is -2.23. The Kier molecular flexibility index (Phi) is 4.62. The Balaban J connectivity index is 1.89. The van der Waals surface area contributed by atoms with Gasteiger partial charge < -0.3 is 20.0 Å². The van der Waals surface area contributed by atoms with E-state index in [2.05, 4.69) is 10.6 Å². The number of hydrogen-bond acceptors (Lipinski definition) is 4. The van der Waals surface area contributed by atoms with Crippen molar-refractivity contribution in [3.05, 3.63) is 23.7 Å². The van der Waals surface area contributed by atoms with Gasteiger partial charge in [0.25, 0.3) is 5.91 Å². The molecule has 0 spiro atoms. The summed E-state index contributed by atoms with van der Waals surface area (Å²) in [4.78, 5) is 37.1. The summed E-state index contributed by atoms with van der Waals surface area (Å²) in [5, 5.41) is 5.06. The molecule has 1 unspecified atom stereocenters. The number of likely N-dealkylation sites (tertiary alicyclic amines) is 1. The number of carbonyl (C=O) groups excluding carboxylic acids is 3. The van der Waals surface area contributed by atoms with E-state index in [-0.39, 0.29) is 24.1 Å². The molecule has 7 heteroatoms. The summed E-state index contributed by atoms with van der Waals surface area (Å²) in [5.74, 6) is -0.0750. The number of furan rings is 1. The van der Waals surface area contributed by atoms with Crippen LogP contribution in [0.4, 0.5) is 0 Å². The molecule has 0 aliphatic carbocycles. The minimum Gasteiger partial charge on any atom is -0.456 e. The monoisotopic (exact) mass is 293 g/mol. The molecule has 0 saturated carbocycles. The maximum absolute atomic E-state index is 12.1. The van der Waals surface area contributed by atoms with Gasteiger partial charge in [0.2, 0.25) is 11.8 Å². The molecule has 114 valence electrons. The highest BCUT2D eigenvalue weighted by Crippen LogP contribution is 2.17. The van der Waals surface area contributed by atoms with Gasteiger partial charge in [-0.1, -0.05) is 0 Å². The number of hydrogen-bond donors (Lipinski definition) is 2. The van der Waals surface area contributed by atoms with Crippen LogP contribution < -0.4 is 10.6 Å². The van der Waals surface area contributed by atoms with Crippen LogP contribution in [0.25, 0.3) is 0 Å². The Hall–Kier alpha value is -2.31. The molecule has 1 aromatic rings. The van der Waals surface area contributed by atoms with E-state index in [9.17, 15) is 14.4 Å². The van der Waals surface area contributed by atoms with E-state index < -0.39 is 11.9 Å². The zero-order valence-electron chi connectivity index (χ0n) is 12.1. The zero-order chi connectivity index (χ0) is 15.4. The highest BCUT2D eigenvalue weighted by atomic mass is 16.3. The Morgan fingerprint density at radius 2 is 2.14 bits per heavy atom. The Morgan fingerprint density at radius 1 is 1.38 bits per heavy atom. The van der Waals surface area contributed by atoms with E-state index in [1.54, 1.807) is 26.1 Å². The Morgan fingerprint density at radius 3 is 2.76 bits per heavy atom. The summed E-state index contributed by atoms with van der Waals surface area (Å²) in [6.45, 7) is 2.12. The lowest BCUT2D eigenvalue weighted by atomic mass is 10.2. The first-order valence-electron chi connectivity index (χ1n) is 6.88. The Labute approximate surface area is 122 Å². The molecule has 2 N–H and O–H groups in total. The fourth-order valence-electron chi connectivity index (χ4n) is 2.41. The Bertz CT molecular complexity index is 552. The van der Waals surface area contributed by atoms with E-state index in [0.717, 1.165) is 6.42 Å². The number of nitrogens with zero attached hydrogens (tertiary/aromatic N) is 1. The van der Waals surface area contributed by atoms with Crippen LogP contribution in [0, 0.1) is 6.92 Å². The van der Waals surface area contributed by atoms with Crippen molar-refractivity contribution in [3.8, 4) is 0 Å². The quantitative estimate of drug-likeness (QED) is 0.821. The molecule has 1 aromatic heterocycles. The summed E-state index contributed by atoms with van der Waals surface area (Å²) in [6.07, 6.45) is 1.44. The van der Waals surface area contributed by atoms with Crippen molar-refractivity contribution >= 4 is 17.7 Å². The van der Waals surface area contributed by atoms with E-state index in [0.29, 0.717) is 18.7 Å². The molecular formula is C14H19N3O4. The molecule has 1 fully saturated rings. The summed E-state index contributed by atoms with van der Waals surface area (Å²) < 4.78 is 5.18. The molecule has 0 bridgehead atoms. The second-order valence-electron chi connectivity index (χ2n) is 4.95. The van der Waals surface area contributed by atoms with Gasteiger partial charge in [0, 0.05) is 13.6 Å². The van der Waals surface area contributed by atoms with Crippen molar-refractivity contribution in [2.45, 2.75) is 25.8 Å². The first kappa shape index (κ1) is 15.1. The van der Waals surface area contributed by atoms with Gasteiger partial charge in [0.15, 0.2) is 5.76 Å². The molecule has 21 heavy (non-hydrogen) atoms. The van der Waals surface area contributed by atoms with Gasteiger partial charge in [-0.15, -0.1) is 0 Å². The standard InChI is InChI=1S/C14H19N3O4/c1-9-5-6-11(21-9)14(20)16-8-12(18)17-7-3-4-10(17)13(19)15-2/h5-6,10H,3-4,7-8H2,1-2H3,(H,15,19)(H,16,20). The third-order valence-corrected chi connectivity index (χ3v) is 3.49. The molecule has 1 atom stereocenters. The van der Waals surface area contributed by atoms with Crippen LogP contribution in [0.3, 0.4) is 0 Å². The highest BCUT2D eigenvalue weighted by Gasteiger charge is 2.33. The molecule has 1 aliphatic rings. The largest absolute Gasteiger partial charge is 0.456 e. The van der Waals surface area contributed by atoms with Crippen molar-refractivity contribution < 1.29 is 18.8 Å². The molecular weight excluding hydrogens is 274 g/mol. The van der Waals surface area contributed by atoms with Crippen LogP contribution >= 0.6 is 0 Å². The van der Waals surface area contributed by atoms with Crippen molar-refractivity contribution in [2.75, 3.05) is 20.1 Å². The third-order valence-electron chi connectivity index (χ3n) is 3.49. The molecule has 1 aliphatic heterocycles. The number of aryl methyl sites for hydroxylation is 1. The van der Waals surface area contributed by atoms with E-state index >= 15 is 0 Å². The molecule has 1 saturated heterocycles. The predicted octanol–water partition coefficient (Wildman–Crippen LogP) is 0.0548. The number of amides is 3. The molecule has 2 rings (SSSR count). The maximum atomic E-state index is 12.1. The van der Waals surface area contributed by atoms with Gasteiger partial charge in [-0.05, 0) is 31.9 Å². The average molecular weight is 293 g/mol. The molecule has 2 heterocycles. The number of rotatable bonds is 4. The average Bonchev–Trinajstić information content (AvgIpc) is 3.12. The van der Waals surface area contributed by atoms with Crippen LogP contribution in [0.1, 0.15) is 29.2 Å². The minimum atomic E-state index is -0.440. The lowest BCUT2D eigenvalue weighted by Crippen LogP contribution is -2.48. The van der Waals surface area contributed by atoms with Crippen molar-refractivity contribution in [3.63, 3.8) is 0 Å². The van der Waals surface area contributed by atoms with Crippen LogP contribution in [-0.4, -0.2) is 48.8 Å². The maximum Gasteiger partial charge on any atom is 0.287 e. The summed E-state index contributed by atoms with van der Waals surface area (Å²) >= 11 is 0. The molecule has 3 amide bonds. The SMILES string of the molecule is CNC(=O)C1CCCN1C(=O)CNC(=O)c1ccc(C)o1. The van der Waals surface area contributed by atoms with Gasteiger partial charge in [-0.25, -0.2) is 0 Å². The van der Waals surface area contributed by atoms with Gasteiger partial charge in [-0.3, -0.25) is 14.4 Å². The molecule has 0 aromatic carbocycles. The highest BCUT2D eigenvalue weighted by molar-refractivity contribution is 5.95. The van der Waals surface area contributed by atoms with Gasteiger partial charge in [0.05, 0.1) is 6.54 Å². The van der Waals surface area contributed by atoms with E-state index in [1.165, 1.54) is 4.90 Å². The first-order valence-corrected chi connectivity index (χ1v) is 6.88. The molecule has 7 nitrogen and oxygen atoms in total. The van der Waals surface area contributed by atoms with Gasteiger partial charge in [-0.2, -0.15) is 0 Å². The van der Waals surface area contributed by atoms with E-state index in [4.69, 9.17) is 4.42 Å². The van der Waals surface area contributed by atoms with Gasteiger partial charge >= 0.3 is 0 Å². The topological polar surface area (TPSA) is 91.7 Å². The lowest BCUT2D eigenvalue weighted by molar-refractivity contribution is -0.137. The van der Waals surface area contributed by atoms with Crippen LogP contribution in [0.2, 0.25) is 0 Å². The predicted molar refractivity (Wildman–Crippen MR) is 74.6 cm³/mol. The second kappa shape index (κ2) is 6.43. The number of carbonyl (C=O) groups is 3. The third kappa shape index (κ3) is 3.42. The van der Waals surface area contributed by atoms with Crippen LogP contribution in [-0.2, 0) is 9.59 Å². The van der Waals surface area contributed by atoms with Crippen LogP contribution in [0.15, 0.2) is 16.5 Å². The van der Waals surface area contributed by atoms with Crippen molar-refractivity contribution in [1.29, 1.82) is 0 Å². The summed E-state index contributed by atoms with van der Waals surface area (Å²) in [6, 6.07) is 2.79. The fraction of sp³-hybridized carbons (Fsp3) is 0.500. The molecule has 0 radical (unpaired) electrons. The van der Waals surface area contributed by atoms with E-state index in [1.807, 2.05) is 0 Å². The second-order valence-corrected chi connectivity index (χ2v) is 4.95. The van der Waals surface area contributed by atoms with Crippen molar-refractivity contribution in [1.82, 2.24) is 15.5 Å². The summed E-state index contributed by atoms with van der Waals surface area (Å²) in [5.41, 5.74) is 0. The normalized spacial score (nSPS) is 17.6. The fourth-order valence-corrected chi connectivity index (χ4v) is 2.41. The number of nitrogens with one attached hydrogen (secondary N) is 2. The first-order chi connectivity index (χ1) is 10.0. The van der Waals surface area contributed by atoms with Crippen molar-refractivity contribution in [2.24, 2.45) is 0 Å². The minimum absolute atomic E-state index is 0.147.